The molecule has 9 rings (SSSR count). The monoisotopic (exact) mass is 880 g/mol. The second-order valence-corrected chi connectivity index (χ2v) is 18.5. The summed E-state index contributed by atoms with van der Waals surface area (Å²) in [5, 5.41) is 8.19. The maximum Gasteiger partial charge on any atom is 0.407 e. The van der Waals surface area contributed by atoms with E-state index < -0.39 is 24.3 Å². The van der Waals surface area contributed by atoms with Crippen LogP contribution in [0.2, 0.25) is 10.3 Å². The van der Waals surface area contributed by atoms with Gasteiger partial charge in [0.15, 0.2) is 10.3 Å². The molecule has 8 atom stereocenters. The molecule has 2 aromatic heterocycles. The minimum atomic E-state index is -0.720. The average molecular weight is 882 g/mol. The zero-order chi connectivity index (χ0) is 43.7. The van der Waals surface area contributed by atoms with E-state index in [0.717, 1.165) is 58.7 Å². The van der Waals surface area contributed by atoms with E-state index in [0.29, 0.717) is 45.2 Å². The third kappa shape index (κ3) is 7.65. The molecule has 0 unspecified atom stereocenters. The summed E-state index contributed by atoms with van der Waals surface area (Å²) in [6.07, 6.45) is 2.16. The van der Waals surface area contributed by atoms with Gasteiger partial charge in [-0.15, -0.1) is 0 Å². The van der Waals surface area contributed by atoms with Crippen LogP contribution in [0.4, 0.5) is 9.59 Å². The fourth-order valence-electron chi connectivity index (χ4n) is 9.60. The molecular weight excluding hydrogens is 831 g/mol. The number of methoxy groups -OCH3 is 2. The van der Waals surface area contributed by atoms with Crippen molar-refractivity contribution in [1.29, 1.82) is 0 Å². The number of hydrogen-bond donors (Lipinski definition) is 4. The number of imidazole rings is 2. The number of H-pyrrole nitrogens is 2. The van der Waals surface area contributed by atoms with Crippen molar-refractivity contribution in [3.05, 3.63) is 82.6 Å². The Morgan fingerprint density at radius 2 is 1.02 bits per heavy atom. The molecule has 0 radical (unpaired) electrons. The molecule has 3 aromatic carbocycles. The Morgan fingerprint density at radius 1 is 0.613 bits per heavy atom. The van der Waals surface area contributed by atoms with E-state index in [1.54, 1.807) is 0 Å². The number of hydrogen-bond acceptors (Lipinski definition) is 8. The lowest BCUT2D eigenvalue weighted by molar-refractivity contribution is -0.137. The lowest BCUT2D eigenvalue weighted by Crippen LogP contribution is -2.52. The Hall–Kier alpha value is -5.60. The highest BCUT2D eigenvalue weighted by atomic mass is 35.5. The van der Waals surface area contributed by atoms with Gasteiger partial charge >= 0.3 is 12.2 Å². The standard InChI is InChI=1S/C46H50Cl2N8O6/c1-21(2)35(51-45(59)61-5)43(57)55-31-17-29(31)19-33(55)41-49-37(39(47)53-41)24-9-7-23(8-10-24)25-11-12-27-16-28(14-13-26(27)15-25)38-40(48)54-42(50-38)34-20-30-18-32(30)56(34)44(58)36(22(3)4)52-46(60)62-6/h7-16,21-22,29-36H,17-20H2,1-6H3,(H,49,53)(H,50,54)(H,51,59)(H,52,60)/t29-,30-,31-,32-,33+,34+,35+,36+/m1/s1. The summed E-state index contributed by atoms with van der Waals surface area (Å²) in [5.74, 6) is 1.50. The molecule has 4 amide bonds. The molecule has 324 valence electrons. The minimum absolute atomic E-state index is 0.114. The largest absolute Gasteiger partial charge is 0.453 e. The first-order valence-corrected chi connectivity index (χ1v) is 22.0. The summed E-state index contributed by atoms with van der Waals surface area (Å²) in [6, 6.07) is 18.8. The van der Waals surface area contributed by atoms with Gasteiger partial charge in [0.05, 0.1) is 37.7 Å². The van der Waals surface area contributed by atoms with Crippen LogP contribution >= 0.6 is 23.2 Å². The van der Waals surface area contributed by atoms with Crippen LogP contribution in [0.25, 0.3) is 44.4 Å². The second kappa shape index (κ2) is 16.3. The van der Waals surface area contributed by atoms with E-state index in [1.165, 1.54) is 14.2 Å². The molecule has 4 N–H and O–H groups in total. The zero-order valence-electron chi connectivity index (χ0n) is 35.4. The molecule has 4 fully saturated rings. The molecule has 14 nitrogen and oxygen atoms in total. The Morgan fingerprint density at radius 3 is 1.47 bits per heavy atom. The fourth-order valence-corrected chi connectivity index (χ4v) is 10.1. The number of halogens is 2. The molecule has 16 heteroatoms. The molecule has 2 saturated carbocycles. The molecule has 0 bridgehead atoms. The third-order valence-corrected chi connectivity index (χ3v) is 13.7. The number of fused-ring (bicyclic) bond motifs is 3. The van der Waals surface area contributed by atoms with Gasteiger partial charge in [0.2, 0.25) is 11.8 Å². The van der Waals surface area contributed by atoms with E-state index in [-0.39, 0.29) is 47.8 Å². The number of aromatic amines is 2. The predicted octanol–water partition coefficient (Wildman–Crippen LogP) is 8.68. The van der Waals surface area contributed by atoms with Gasteiger partial charge < -0.3 is 39.9 Å². The maximum atomic E-state index is 13.9. The lowest BCUT2D eigenvalue weighted by Gasteiger charge is -2.31. The lowest BCUT2D eigenvalue weighted by atomic mass is 9.98. The van der Waals surface area contributed by atoms with Crippen molar-refractivity contribution < 1.29 is 28.7 Å². The minimum Gasteiger partial charge on any atom is -0.453 e. The van der Waals surface area contributed by atoms with Crippen LogP contribution in [0.1, 0.15) is 77.1 Å². The number of amides is 4. The number of benzene rings is 3. The highest BCUT2D eigenvalue weighted by Gasteiger charge is 2.57. The van der Waals surface area contributed by atoms with Gasteiger partial charge in [0.25, 0.3) is 0 Å². The first kappa shape index (κ1) is 41.7. The van der Waals surface area contributed by atoms with Gasteiger partial charge in [-0.2, -0.15) is 0 Å². The van der Waals surface area contributed by atoms with E-state index in [4.69, 9.17) is 42.6 Å². The van der Waals surface area contributed by atoms with Gasteiger partial charge in [0, 0.05) is 23.2 Å². The molecule has 2 aliphatic carbocycles. The first-order chi connectivity index (χ1) is 29.7. The maximum absolute atomic E-state index is 13.9. The SMILES string of the molecule is COC(=O)N[C@H](C(=O)N1[C@@H]2C[C@@H]2C[C@H]1c1nc(Cl)c(-c2ccc(-c3ccc4cc(-c5[nH]c([C@@H]6C[C@H]7C[C@H]7N6C(=O)[C@@H](NC(=O)OC)C(C)C)nc5Cl)ccc4c3)cc2)[nH]1)C(C)C. The molecule has 0 spiro atoms. The summed E-state index contributed by atoms with van der Waals surface area (Å²) in [7, 11) is 2.58. The summed E-state index contributed by atoms with van der Waals surface area (Å²) < 4.78 is 9.60. The third-order valence-electron chi connectivity index (χ3n) is 13.1. The number of ether oxygens (including phenoxy) is 2. The molecular formula is C46H50Cl2N8O6. The molecule has 5 aromatic rings. The van der Waals surface area contributed by atoms with Crippen LogP contribution in [-0.4, -0.2) is 92.1 Å². The van der Waals surface area contributed by atoms with Crippen molar-refractivity contribution in [2.24, 2.45) is 23.7 Å². The number of piperidine rings is 2. The number of aromatic nitrogens is 4. The average Bonchev–Trinajstić information content (AvgIpc) is 3.97. The smallest absolute Gasteiger partial charge is 0.407 e. The van der Waals surface area contributed by atoms with Crippen LogP contribution in [0.3, 0.4) is 0 Å². The first-order valence-electron chi connectivity index (χ1n) is 21.2. The fraction of sp³-hybridized carbons (Fsp3) is 0.435. The second-order valence-electron chi connectivity index (χ2n) is 17.8. The highest BCUT2D eigenvalue weighted by Crippen LogP contribution is 2.55. The summed E-state index contributed by atoms with van der Waals surface area (Å²) in [5.41, 5.74) is 5.18. The summed E-state index contributed by atoms with van der Waals surface area (Å²) in [6.45, 7) is 7.61. The number of nitrogens with one attached hydrogen (secondary N) is 4. The molecule has 4 aliphatic rings. The number of likely N-dealkylation sites (tertiary alicyclic amines) is 2. The van der Waals surface area contributed by atoms with E-state index in [1.807, 2.05) is 55.7 Å². The van der Waals surface area contributed by atoms with Crippen LogP contribution in [0, 0.1) is 23.7 Å². The van der Waals surface area contributed by atoms with E-state index in [9.17, 15) is 19.2 Å². The summed E-state index contributed by atoms with van der Waals surface area (Å²) >= 11 is 13.6. The van der Waals surface area contributed by atoms with Crippen molar-refractivity contribution >= 4 is 58.0 Å². The van der Waals surface area contributed by atoms with Crippen molar-refractivity contribution in [1.82, 2.24) is 40.4 Å². The van der Waals surface area contributed by atoms with Crippen LogP contribution < -0.4 is 10.6 Å². The zero-order valence-corrected chi connectivity index (χ0v) is 36.9. The Kier molecular flexibility index (Phi) is 10.9. The molecule has 4 heterocycles. The van der Waals surface area contributed by atoms with Crippen molar-refractivity contribution in [3.63, 3.8) is 0 Å². The van der Waals surface area contributed by atoms with Gasteiger partial charge in [-0.1, -0.05) is 99.4 Å². The van der Waals surface area contributed by atoms with E-state index >= 15 is 0 Å². The van der Waals surface area contributed by atoms with Crippen molar-refractivity contribution in [2.45, 2.75) is 89.6 Å². The number of alkyl carbamates (subject to hydrolysis) is 2. The molecule has 62 heavy (non-hydrogen) atoms. The number of carbonyl (C=O) groups is 4. The highest BCUT2D eigenvalue weighted by molar-refractivity contribution is 6.32. The number of rotatable bonds is 11. The normalized spacial score (nSPS) is 23.3. The Labute approximate surface area is 369 Å². The Bertz CT molecular complexity index is 2570. The summed E-state index contributed by atoms with van der Waals surface area (Å²) in [4.78, 5) is 72.0. The number of carbonyl (C=O) groups excluding carboxylic acids is 4. The van der Waals surface area contributed by atoms with Gasteiger partial charge in [-0.05, 0) is 83.4 Å². The van der Waals surface area contributed by atoms with Gasteiger partial charge in [-0.25, -0.2) is 19.6 Å². The topological polar surface area (TPSA) is 175 Å². The van der Waals surface area contributed by atoms with Gasteiger partial charge in [0.1, 0.15) is 23.7 Å². The quantitative estimate of drug-likeness (QED) is 0.102. The van der Waals surface area contributed by atoms with Crippen molar-refractivity contribution in [2.75, 3.05) is 14.2 Å². The van der Waals surface area contributed by atoms with Crippen molar-refractivity contribution in [3.8, 4) is 33.6 Å². The van der Waals surface area contributed by atoms with Crippen LogP contribution in [-0.2, 0) is 19.1 Å². The molecule has 2 saturated heterocycles. The van der Waals surface area contributed by atoms with Crippen LogP contribution in [0.15, 0.2) is 60.7 Å². The predicted molar refractivity (Wildman–Crippen MR) is 235 cm³/mol. The van der Waals surface area contributed by atoms with E-state index in [2.05, 4.69) is 63.1 Å². The van der Waals surface area contributed by atoms with Crippen LogP contribution in [0.5, 0.6) is 0 Å². The van der Waals surface area contributed by atoms with Gasteiger partial charge in [-0.3, -0.25) is 9.59 Å². The molecule has 2 aliphatic heterocycles. The Balaban J connectivity index is 0.906. The number of nitrogens with zero attached hydrogens (tertiary/aromatic N) is 4.